The average Bonchev–Trinajstić information content (AvgIpc) is 2.42. The second-order valence-electron chi connectivity index (χ2n) is 6.90. The van der Waals surface area contributed by atoms with Gasteiger partial charge in [-0.3, -0.25) is 0 Å². The molecule has 0 aliphatic heterocycles. The fourth-order valence-electron chi connectivity index (χ4n) is 3.65. The lowest BCUT2D eigenvalue weighted by Gasteiger charge is -2.43. The van der Waals surface area contributed by atoms with Crippen molar-refractivity contribution in [2.45, 2.75) is 64.2 Å². The number of hydrogen-bond acceptors (Lipinski definition) is 1. The number of benzene rings is 1. The number of unbranched alkanes of at least 4 members (excludes halogenated alkanes) is 5. The fraction of sp³-hybridized carbons (Fsp3) is 0.684. The van der Waals surface area contributed by atoms with E-state index in [2.05, 4.69) is 50.1 Å². The number of fused-ring (bicyclic) bond motifs is 1. The highest BCUT2D eigenvalue weighted by Gasteiger charge is 2.38. The molecule has 0 spiro atoms. The minimum absolute atomic E-state index is 0.396. The van der Waals surface area contributed by atoms with Gasteiger partial charge in [0, 0.05) is 12.0 Å². The van der Waals surface area contributed by atoms with Crippen molar-refractivity contribution in [1.29, 1.82) is 0 Å². The lowest BCUT2D eigenvalue weighted by Crippen LogP contribution is -2.45. The van der Waals surface area contributed by atoms with Crippen LogP contribution in [0.2, 0.25) is 0 Å². The molecule has 1 aromatic carbocycles. The van der Waals surface area contributed by atoms with E-state index < -0.39 is 0 Å². The predicted octanol–water partition coefficient (Wildman–Crippen LogP) is 4.79. The largest absolute Gasteiger partial charge is 0.305 e. The second kappa shape index (κ2) is 7.26. The molecular formula is C19H31N. The van der Waals surface area contributed by atoms with Crippen molar-refractivity contribution >= 4 is 0 Å². The van der Waals surface area contributed by atoms with Crippen LogP contribution in [0.5, 0.6) is 0 Å². The number of nitrogens with zero attached hydrogens (tertiary/aromatic N) is 1. The van der Waals surface area contributed by atoms with Crippen LogP contribution in [0.15, 0.2) is 24.3 Å². The van der Waals surface area contributed by atoms with Gasteiger partial charge in [-0.1, -0.05) is 70.2 Å². The fourth-order valence-corrected chi connectivity index (χ4v) is 3.65. The Morgan fingerprint density at radius 3 is 2.50 bits per heavy atom. The molecule has 0 N–H and O–H groups in total. The third-order valence-electron chi connectivity index (χ3n) is 4.76. The van der Waals surface area contributed by atoms with E-state index in [4.69, 9.17) is 0 Å². The zero-order valence-electron chi connectivity index (χ0n) is 13.6. The van der Waals surface area contributed by atoms with Crippen molar-refractivity contribution in [1.82, 2.24) is 4.90 Å². The molecule has 1 atom stereocenters. The standard InChI is InChI=1S/C19H31N/c1-4-5-6-7-8-11-14-20(3)16-19(2)15-17-12-9-10-13-18(17)19/h9-10,12-13H,4-8,11,14-16H2,1-3H3. The highest BCUT2D eigenvalue weighted by atomic mass is 15.1. The van der Waals surface area contributed by atoms with Crippen LogP contribution in [0.25, 0.3) is 0 Å². The molecule has 112 valence electrons. The summed E-state index contributed by atoms with van der Waals surface area (Å²) in [5.74, 6) is 0. The van der Waals surface area contributed by atoms with Crippen LogP contribution in [0.4, 0.5) is 0 Å². The molecular weight excluding hydrogens is 242 g/mol. The van der Waals surface area contributed by atoms with Crippen LogP contribution in [0.1, 0.15) is 63.5 Å². The third kappa shape index (κ3) is 3.85. The minimum atomic E-state index is 0.396. The van der Waals surface area contributed by atoms with E-state index in [1.165, 1.54) is 58.0 Å². The van der Waals surface area contributed by atoms with Crippen LogP contribution < -0.4 is 0 Å². The summed E-state index contributed by atoms with van der Waals surface area (Å²) in [5.41, 5.74) is 3.53. The molecule has 0 bridgehead atoms. The van der Waals surface area contributed by atoms with E-state index in [0.29, 0.717) is 5.41 Å². The summed E-state index contributed by atoms with van der Waals surface area (Å²) in [7, 11) is 2.29. The first-order valence-corrected chi connectivity index (χ1v) is 8.42. The summed E-state index contributed by atoms with van der Waals surface area (Å²) in [4.78, 5) is 2.54. The van der Waals surface area contributed by atoms with E-state index in [1.807, 2.05) is 0 Å². The van der Waals surface area contributed by atoms with Gasteiger partial charge in [0.15, 0.2) is 0 Å². The highest BCUT2D eigenvalue weighted by molar-refractivity contribution is 5.44. The van der Waals surface area contributed by atoms with Gasteiger partial charge in [-0.15, -0.1) is 0 Å². The Kier molecular flexibility index (Phi) is 5.65. The van der Waals surface area contributed by atoms with Crippen molar-refractivity contribution in [3.05, 3.63) is 35.4 Å². The van der Waals surface area contributed by atoms with Crippen molar-refractivity contribution in [2.24, 2.45) is 0 Å². The zero-order chi connectivity index (χ0) is 14.4. The van der Waals surface area contributed by atoms with Gasteiger partial charge in [0.1, 0.15) is 0 Å². The second-order valence-corrected chi connectivity index (χ2v) is 6.90. The normalized spacial score (nSPS) is 20.8. The maximum absolute atomic E-state index is 2.54. The van der Waals surface area contributed by atoms with Gasteiger partial charge in [-0.05, 0) is 37.6 Å². The van der Waals surface area contributed by atoms with Crippen molar-refractivity contribution in [2.75, 3.05) is 20.1 Å². The first-order valence-electron chi connectivity index (χ1n) is 8.42. The Morgan fingerprint density at radius 1 is 1.05 bits per heavy atom. The third-order valence-corrected chi connectivity index (χ3v) is 4.76. The molecule has 1 nitrogen and oxygen atoms in total. The monoisotopic (exact) mass is 273 g/mol. The number of rotatable bonds is 9. The molecule has 0 amide bonds. The van der Waals surface area contributed by atoms with Crippen LogP contribution in [0, 0.1) is 0 Å². The lowest BCUT2D eigenvalue weighted by molar-refractivity contribution is 0.231. The molecule has 0 saturated carbocycles. The summed E-state index contributed by atoms with van der Waals surface area (Å²) in [6.45, 7) is 7.17. The minimum Gasteiger partial charge on any atom is -0.305 e. The molecule has 0 aromatic heterocycles. The van der Waals surface area contributed by atoms with Crippen molar-refractivity contribution in [3.8, 4) is 0 Å². The zero-order valence-corrected chi connectivity index (χ0v) is 13.6. The Balaban J connectivity index is 1.67. The molecule has 2 rings (SSSR count). The molecule has 1 aromatic rings. The Hall–Kier alpha value is -0.820. The Morgan fingerprint density at radius 2 is 1.75 bits per heavy atom. The summed E-state index contributed by atoms with van der Waals surface area (Å²) >= 11 is 0. The average molecular weight is 273 g/mol. The molecule has 1 aliphatic rings. The summed E-state index contributed by atoms with van der Waals surface area (Å²) < 4.78 is 0. The first-order chi connectivity index (χ1) is 9.65. The van der Waals surface area contributed by atoms with E-state index in [-0.39, 0.29) is 0 Å². The summed E-state index contributed by atoms with van der Waals surface area (Å²) in [6, 6.07) is 8.95. The molecule has 1 aliphatic carbocycles. The van der Waals surface area contributed by atoms with Gasteiger partial charge in [0.2, 0.25) is 0 Å². The SMILES string of the molecule is CCCCCCCCN(C)CC1(C)Cc2ccccc21. The van der Waals surface area contributed by atoms with Gasteiger partial charge in [-0.2, -0.15) is 0 Å². The van der Waals surface area contributed by atoms with Crippen LogP contribution >= 0.6 is 0 Å². The molecule has 0 fully saturated rings. The van der Waals surface area contributed by atoms with Gasteiger partial charge in [0.05, 0.1) is 0 Å². The van der Waals surface area contributed by atoms with Crippen LogP contribution in [-0.4, -0.2) is 25.0 Å². The van der Waals surface area contributed by atoms with Gasteiger partial charge < -0.3 is 4.90 Å². The van der Waals surface area contributed by atoms with Gasteiger partial charge in [0.25, 0.3) is 0 Å². The summed E-state index contributed by atoms with van der Waals surface area (Å²) in [5, 5.41) is 0. The maximum Gasteiger partial charge on any atom is 0.00950 e. The molecule has 1 unspecified atom stereocenters. The van der Waals surface area contributed by atoms with Crippen LogP contribution in [0.3, 0.4) is 0 Å². The van der Waals surface area contributed by atoms with E-state index in [0.717, 1.165) is 0 Å². The predicted molar refractivity (Wildman–Crippen MR) is 88.4 cm³/mol. The molecule has 0 saturated heterocycles. The molecule has 20 heavy (non-hydrogen) atoms. The van der Waals surface area contributed by atoms with E-state index in [9.17, 15) is 0 Å². The van der Waals surface area contributed by atoms with Crippen molar-refractivity contribution < 1.29 is 0 Å². The van der Waals surface area contributed by atoms with Gasteiger partial charge in [-0.25, -0.2) is 0 Å². The number of likely N-dealkylation sites (N-methyl/N-ethyl adjacent to an activating group) is 1. The van der Waals surface area contributed by atoms with Crippen LogP contribution in [-0.2, 0) is 11.8 Å². The van der Waals surface area contributed by atoms with E-state index in [1.54, 1.807) is 11.1 Å². The topological polar surface area (TPSA) is 3.24 Å². The highest BCUT2D eigenvalue weighted by Crippen LogP contribution is 2.41. The Bertz CT molecular complexity index is 412. The smallest absolute Gasteiger partial charge is 0.00950 e. The van der Waals surface area contributed by atoms with Gasteiger partial charge >= 0.3 is 0 Å². The number of hydrogen-bond donors (Lipinski definition) is 0. The molecule has 0 radical (unpaired) electrons. The summed E-state index contributed by atoms with van der Waals surface area (Å²) in [6.07, 6.45) is 9.61. The van der Waals surface area contributed by atoms with Crippen molar-refractivity contribution in [3.63, 3.8) is 0 Å². The van der Waals surface area contributed by atoms with E-state index >= 15 is 0 Å². The molecule has 1 heteroatoms. The lowest BCUT2D eigenvalue weighted by atomic mass is 9.65. The maximum atomic E-state index is 2.54. The quantitative estimate of drug-likeness (QED) is 0.585. The molecule has 0 heterocycles. The Labute approximate surface area is 125 Å². The first kappa shape index (κ1) is 15.6.